The molecule has 1 saturated heterocycles. The Hall–Kier alpha value is -4.37. The van der Waals surface area contributed by atoms with E-state index in [2.05, 4.69) is 38.1 Å². The van der Waals surface area contributed by atoms with Gasteiger partial charge in [-0.1, -0.05) is 0 Å². The van der Waals surface area contributed by atoms with E-state index < -0.39 is 5.82 Å². The fraction of sp³-hybridized carbons (Fsp3) is 0.241. The number of carbonyl (C=O) groups is 1. The highest BCUT2D eigenvalue weighted by Crippen LogP contribution is 2.27. The van der Waals surface area contributed by atoms with Crippen LogP contribution in [-0.4, -0.2) is 40.0 Å². The minimum atomic E-state index is -0.476. The maximum atomic E-state index is 14.8. The molecule has 8 nitrogen and oxygen atoms in total. The maximum Gasteiger partial charge on any atom is 0.259 e. The van der Waals surface area contributed by atoms with Gasteiger partial charge in [0.05, 0.1) is 23.6 Å². The normalized spacial score (nSPS) is 13.8. The molecule has 1 aromatic heterocycles. The Balaban J connectivity index is 1.17. The van der Waals surface area contributed by atoms with E-state index in [1.807, 2.05) is 36.4 Å². The van der Waals surface area contributed by atoms with Crippen LogP contribution in [0.3, 0.4) is 0 Å². The molecule has 0 spiro atoms. The van der Waals surface area contributed by atoms with Crippen LogP contribution in [0.5, 0.6) is 0 Å². The van der Waals surface area contributed by atoms with Crippen LogP contribution in [0.1, 0.15) is 28.9 Å². The lowest BCUT2D eigenvalue weighted by Gasteiger charge is -2.31. The zero-order valence-electron chi connectivity index (χ0n) is 21.4. The summed E-state index contributed by atoms with van der Waals surface area (Å²) in [5, 5.41) is 23.0. The smallest absolute Gasteiger partial charge is 0.259 e. The molecule has 0 aliphatic carbocycles. The standard InChI is InChI=1S/C29H31FN6O2/c1-19-26(18-31-35(19)2)29(38)34-23-9-12-28(27(30)17-23)33-22-5-3-20(4-6-22)32-21-7-10-24(11-8-21)36-15-13-25(37)14-16-36/h3-12,17-18,25,32-33,37H,13-16H2,1-2H3,(H,34,38). The first kappa shape index (κ1) is 25.3. The Kier molecular flexibility index (Phi) is 7.28. The second kappa shape index (κ2) is 10.9. The Bertz CT molecular complexity index is 1410. The van der Waals surface area contributed by atoms with Crippen molar-refractivity contribution >= 4 is 40.0 Å². The topological polar surface area (TPSA) is 94.5 Å². The number of hydrogen-bond donors (Lipinski definition) is 4. The van der Waals surface area contributed by atoms with E-state index in [9.17, 15) is 14.3 Å². The summed E-state index contributed by atoms with van der Waals surface area (Å²) in [7, 11) is 1.76. The lowest BCUT2D eigenvalue weighted by molar-refractivity contribution is 0.102. The van der Waals surface area contributed by atoms with Crippen molar-refractivity contribution in [1.82, 2.24) is 9.78 Å². The van der Waals surface area contributed by atoms with Crippen LogP contribution in [0, 0.1) is 12.7 Å². The average molecular weight is 515 g/mol. The van der Waals surface area contributed by atoms with Crippen LogP contribution < -0.4 is 20.9 Å². The summed E-state index contributed by atoms with van der Waals surface area (Å²) in [6.45, 7) is 3.53. The van der Waals surface area contributed by atoms with Crippen LogP contribution in [0.2, 0.25) is 0 Å². The Morgan fingerprint density at radius 3 is 2.08 bits per heavy atom. The highest BCUT2D eigenvalue weighted by atomic mass is 19.1. The first-order valence-electron chi connectivity index (χ1n) is 12.6. The number of aromatic nitrogens is 2. The van der Waals surface area contributed by atoms with Crippen molar-refractivity contribution in [2.24, 2.45) is 7.05 Å². The van der Waals surface area contributed by atoms with Gasteiger partial charge in [-0.15, -0.1) is 0 Å². The quantitative estimate of drug-likeness (QED) is 0.258. The van der Waals surface area contributed by atoms with Gasteiger partial charge >= 0.3 is 0 Å². The number of halogens is 1. The SMILES string of the molecule is Cc1c(C(=O)Nc2ccc(Nc3ccc(Nc4ccc(N5CCC(O)CC5)cc4)cc3)c(F)c2)cnn1C. The van der Waals surface area contributed by atoms with Crippen LogP contribution >= 0.6 is 0 Å². The predicted molar refractivity (Wildman–Crippen MR) is 149 cm³/mol. The van der Waals surface area contributed by atoms with Gasteiger partial charge in [-0.25, -0.2) is 4.39 Å². The number of hydrogen-bond acceptors (Lipinski definition) is 6. The fourth-order valence-electron chi connectivity index (χ4n) is 4.45. The van der Waals surface area contributed by atoms with E-state index >= 15 is 0 Å². The molecule has 1 aliphatic heterocycles. The van der Waals surface area contributed by atoms with Gasteiger partial charge in [-0.05, 0) is 86.5 Å². The number of aryl methyl sites for hydroxylation is 1. The zero-order valence-corrected chi connectivity index (χ0v) is 21.4. The molecular formula is C29H31FN6O2. The highest BCUT2D eigenvalue weighted by molar-refractivity contribution is 6.05. The van der Waals surface area contributed by atoms with Gasteiger partial charge in [0.25, 0.3) is 5.91 Å². The Morgan fingerprint density at radius 1 is 0.921 bits per heavy atom. The minimum absolute atomic E-state index is 0.185. The van der Waals surface area contributed by atoms with Gasteiger partial charge in [-0.3, -0.25) is 9.48 Å². The van der Waals surface area contributed by atoms with Crippen molar-refractivity contribution in [3.8, 4) is 0 Å². The van der Waals surface area contributed by atoms with Crippen LogP contribution in [0.4, 0.5) is 38.5 Å². The molecule has 4 N–H and O–H groups in total. The predicted octanol–water partition coefficient (Wildman–Crippen LogP) is 5.57. The van der Waals surface area contributed by atoms with Gasteiger partial charge in [0.15, 0.2) is 0 Å². The number of amides is 1. The molecule has 0 unspecified atom stereocenters. The third-order valence-electron chi connectivity index (χ3n) is 6.86. The first-order valence-corrected chi connectivity index (χ1v) is 12.6. The monoisotopic (exact) mass is 514 g/mol. The van der Waals surface area contributed by atoms with Crippen molar-refractivity contribution in [2.45, 2.75) is 25.9 Å². The average Bonchev–Trinajstić information content (AvgIpc) is 3.25. The lowest BCUT2D eigenvalue weighted by atomic mass is 10.1. The zero-order chi connectivity index (χ0) is 26.6. The van der Waals surface area contributed by atoms with E-state index in [0.29, 0.717) is 16.9 Å². The first-order chi connectivity index (χ1) is 18.4. The molecule has 1 fully saturated rings. The maximum absolute atomic E-state index is 14.8. The summed E-state index contributed by atoms with van der Waals surface area (Å²) in [5.41, 5.74) is 5.62. The molecule has 0 saturated carbocycles. The van der Waals surface area contributed by atoms with Crippen molar-refractivity contribution in [3.63, 3.8) is 0 Å². The van der Waals surface area contributed by atoms with E-state index in [4.69, 9.17) is 0 Å². The molecule has 4 aromatic rings. The van der Waals surface area contributed by atoms with E-state index in [1.54, 1.807) is 30.8 Å². The second-order valence-corrected chi connectivity index (χ2v) is 9.51. The largest absolute Gasteiger partial charge is 0.393 e. The number of aliphatic hydroxyl groups is 1. The summed E-state index contributed by atoms with van der Waals surface area (Å²) in [6.07, 6.45) is 2.91. The van der Waals surface area contributed by atoms with Crippen molar-refractivity contribution in [2.75, 3.05) is 33.9 Å². The number of nitrogens with zero attached hydrogens (tertiary/aromatic N) is 3. The fourth-order valence-corrected chi connectivity index (χ4v) is 4.45. The molecule has 0 bridgehead atoms. The number of aliphatic hydroxyl groups excluding tert-OH is 1. The molecule has 0 atom stereocenters. The summed E-state index contributed by atoms with van der Waals surface area (Å²) in [4.78, 5) is 14.8. The number of rotatable bonds is 7. The van der Waals surface area contributed by atoms with Crippen molar-refractivity contribution in [1.29, 1.82) is 0 Å². The molecule has 1 aliphatic rings. The van der Waals surface area contributed by atoms with Gasteiger partial charge in [-0.2, -0.15) is 5.10 Å². The molecule has 9 heteroatoms. The van der Waals surface area contributed by atoms with Crippen LogP contribution in [0.15, 0.2) is 72.9 Å². The van der Waals surface area contributed by atoms with Crippen LogP contribution in [0.25, 0.3) is 0 Å². The Morgan fingerprint density at radius 2 is 1.50 bits per heavy atom. The van der Waals surface area contributed by atoms with Gasteiger partial charge < -0.3 is 26.0 Å². The third-order valence-corrected chi connectivity index (χ3v) is 6.86. The number of piperidine rings is 1. The van der Waals surface area contributed by atoms with Crippen molar-refractivity contribution < 1.29 is 14.3 Å². The van der Waals surface area contributed by atoms with Crippen molar-refractivity contribution in [3.05, 3.63) is 90.0 Å². The van der Waals surface area contributed by atoms with Gasteiger partial charge in [0, 0.05) is 54.3 Å². The molecule has 196 valence electrons. The number of nitrogens with one attached hydrogen (secondary N) is 3. The molecule has 5 rings (SSSR count). The minimum Gasteiger partial charge on any atom is -0.393 e. The summed E-state index contributed by atoms with van der Waals surface area (Å²) >= 11 is 0. The molecule has 0 radical (unpaired) electrons. The summed E-state index contributed by atoms with van der Waals surface area (Å²) in [6, 6.07) is 20.4. The lowest BCUT2D eigenvalue weighted by Crippen LogP contribution is -2.35. The van der Waals surface area contributed by atoms with E-state index in [-0.39, 0.29) is 12.0 Å². The highest BCUT2D eigenvalue weighted by Gasteiger charge is 2.17. The van der Waals surface area contributed by atoms with Gasteiger partial charge in [0.2, 0.25) is 0 Å². The molecule has 38 heavy (non-hydrogen) atoms. The Labute approximate surface area is 221 Å². The van der Waals surface area contributed by atoms with Gasteiger partial charge in [0.1, 0.15) is 5.82 Å². The second-order valence-electron chi connectivity index (χ2n) is 9.51. The molecule has 1 amide bonds. The third kappa shape index (κ3) is 5.78. The molecule has 3 aromatic carbocycles. The number of benzene rings is 3. The number of anilines is 6. The summed E-state index contributed by atoms with van der Waals surface area (Å²) in [5.74, 6) is -0.809. The van der Waals surface area contributed by atoms with E-state index in [1.165, 1.54) is 12.3 Å². The van der Waals surface area contributed by atoms with E-state index in [0.717, 1.165) is 54.4 Å². The molecule has 2 heterocycles. The molecular weight excluding hydrogens is 483 g/mol. The number of carbonyl (C=O) groups excluding carboxylic acids is 1. The summed E-state index contributed by atoms with van der Waals surface area (Å²) < 4.78 is 16.4. The van der Waals surface area contributed by atoms with Crippen LogP contribution in [-0.2, 0) is 7.05 Å².